The van der Waals surface area contributed by atoms with E-state index >= 15 is 0 Å². The summed E-state index contributed by atoms with van der Waals surface area (Å²) in [5.41, 5.74) is -0.861. The van der Waals surface area contributed by atoms with E-state index in [9.17, 15) is 23.4 Å². The Bertz CT molecular complexity index is 667. The maximum atomic E-state index is 13.3. The number of rotatable bonds is 5. The van der Waals surface area contributed by atoms with E-state index in [1.807, 2.05) is 0 Å². The van der Waals surface area contributed by atoms with E-state index in [1.54, 1.807) is 7.11 Å². The summed E-state index contributed by atoms with van der Waals surface area (Å²) >= 11 is 0. The quantitative estimate of drug-likeness (QED) is 0.562. The highest BCUT2D eigenvalue weighted by Crippen LogP contribution is 2.66. The van der Waals surface area contributed by atoms with Crippen molar-refractivity contribution in [1.29, 1.82) is 0 Å². The Morgan fingerprint density at radius 1 is 1.06 bits per heavy atom. The Labute approximate surface area is 184 Å². The maximum Gasteiger partial charge on any atom is 0.414 e. The largest absolute Gasteiger partial charge is 0.414 e. The third-order valence-electron chi connectivity index (χ3n) is 10.0. The molecule has 6 heteroatoms. The highest BCUT2D eigenvalue weighted by molar-refractivity contribution is 5.10. The first-order chi connectivity index (χ1) is 14.5. The molecule has 178 valence electrons. The Balaban J connectivity index is 1.51. The van der Waals surface area contributed by atoms with Gasteiger partial charge in [-0.05, 0) is 98.7 Å². The van der Waals surface area contributed by atoms with Gasteiger partial charge in [0.2, 0.25) is 0 Å². The van der Waals surface area contributed by atoms with E-state index in [1.165, 1.54) is 6.08 Å². The lowest BCUT2D eigenvalue weighted by atomic mass is 9.48. The number of hydrogen-bond donors (Lipinski definition) is 2. The van der Waals surface area contributed by atoms with Gasteiger partial charge in [-0.1, -0.05) is 13.0 Å². The second-order valence-corrected chi connectivity index (χ2v) is 11.4. The Hall–Kier alpha value is -0.590. The number of aliphatic hydroxyl groups is 2. The van der Waals surface area contributed by atoms with Crippen LogP contribution in [0.1, 0.15) is 64.7 Å². The molecule has 0 radical (unpaired) electrons. The lowest BCUT2D eigenvalue weighted by Gasteiger charge is -2.57. The predicted molar refractivity (Wildman–Crippen MR) is 113 cm³/mol. The van der Waals surface area contributed by atoms with Gasteiger partial charge in [0.05, 0.1) is 12.2 Å². The lowest BCUT2D eigenvalue weighted by Crippen LogP contribution is -2.53. The molecule has 4 saturated carbocycles. The molecule has 0 spiro atoms. The number of ether oxygens (including phenoxy) is 1. The normalized spacial score (nSPS) is 47.1. The Morgan fingerprint density at radius 3 is 2.42 bits per heavy atom. The standard InChI is InChI=1S/C25H39F3O3/c1-4-16(22(29)25(26,27)28)20-7-8-21-19-6-5-15-13-24(30,14-31-3)12-10-17(15)18(19)9-11-23(20,21)2/h4,15-22,29-30H,1,5-14H2,2-3H3/t15-,16+,17+,18-,19-,20-,21+,22+,23-,24+/m1/s1. The molecule has 0 unspecified atom stereocenters. The summed E-state index contributed by atoms with van der Waals surface area (Å²) in [6.45, 7) is 6.27. The topological polar surface area (TPSA) is 49.7 Å². The fourth-order valence-electron chi connectivity index (χ4n) is 8.77. The summed E-state index contributed by atoms with van der Waals surface area (Å²) in [5.74, 6) is 1.68. The van der Waals surface area contributed by atoms with E-state index in [2.05, 4.69) is 13.5 Å². The van der Waals surface area contributed by atoms with Crippen molar-refractivity contribution in [1.82, 2.24) is 0 Å². The number of alkyl halides is 3. The first kappa shape index (κ1) is 23.6. The van der Waals surface area contributed by atoms with E-state index in [4.69, 9.17) is 4.74 Å². The fraction of sp³-hybridized carbons (Fsp3) is 0.920. The van der Waals surface area contributed by atoms with Crippen LogP contribution in [-0.2, 0) is 4.74 Å². The molecule has 0 aliphatic heterocycles. The fourth-order valence-corrected chi connectivity index (χ4v) is 8.77. The van der Waals surface area contributed by atoms with Gasteiger partial charge < -0.3 is 14.9 Å². The summed E-state index contributed by atoms with van der Waals surface area (Å²) in [6.07, 6.45) is 2.97. The van der Waals surface area contributed by atoms with E-state index in [0.717, 1.165) is 57.8 Å². The summed E-state index contributed by atoms with van der Waals surface area (Å²) in [6, 6.07) is 0. The molecule has 31 heavy (non-hydrogen) atoms. The first-order valence-corrected chi connectivity index (χ1v) is 12.1. The van der Waals surface area contributed by atoms with Crippen LogP contribution >= 0.6 is 0 Å². The number of fused-ring (bicyclic) bond motifs is 5. The third kappa shape index (κ3) is 3.99. The number of aliphatic hydroxyl groups excluding tert-OH is 1. The zero-order valence-corrected chi connectivity index (χ0v) is 18.9. The molecule has 4 rings (SSSR count). The van der Waals surface area contributed by atoms with Crippen LogP contribution in [-0.4, -0.2) is 41.8 Å². The molecule has 0 aromatic carbocycles. The molecule has 0 aromatic heterocycles. The second-order valence-electron chi connectivity index (χ2n) is 11.4. The molecular weight excluding hydrogens is 405 g/mol. The van der Waals surface area contributed by atoms with Crippen molar-refractivity contribution >= 4 is 0 Å². The van der Waals surface area contributed by atoms with Crippen molar-refractivity contribution < 1.29 is 28.1 Å². The zero-order chi connectivity index (χ0) is 22.6. The van der Waals surface area contributed by atoms with Crippen LogP contribution in [0.4, 0.5) is 13.2 Å². The van der Waals surface area contributed by atoms with Crippen molar-refractivity contribution in [2.45, 2.75) is 82.6 Å². The highest BCUT2D eigenvalue weighted by atomic mass is 19.4. The number of halogens is 3. The molecule has 4 aliphatic rings. The van der Waals surface area contributed by atoms with Crippen molar-refractivity contribution in [2.75, 3.05) is 13.7 Å². The summed E-state index contributed by atoms with van der Waals surface area (Å²) in [7, 11) is 1.64. The van der Waals surface area contributed by atoms with Gasteiger partial charge in [-0.25, -0.2) is 0 Å². The van der Waals surface area contributed by atoms with Crippen molar-refractivity contribution in [3.05, 3.63) is 12.7 Å². The van der Waals surface area contributed by atoms with Gasteiger partial charge in [-0.3, -0.25) is 0 Å². The van der Waals surface area contributed by atoms with Gasteiger partial charge in [0, 0.05) is 13.0 Å². The van der Waals surface area contributed by atoms with E-state index in [-0.39, 0.29) is 11.3 Å². The van der Waals surface area contributed by atoms with Gasteiger partial charge in [-0.2, -0.15) is 13.2 Å². The van der Waals surface area contributed by atoms with Crippen LogP contribution in [0, 0.1) is 46.8 Å². The number of hydrogen-bond acceptors (Lipinski definition) is 3. The second kappa shape index (κ2) is 8.32. The van der Waals surface area contributed by atoms with Gasteiger partial charge >= 0.3 is 6.18 Å². The predicted octanol–water partition coefficient (Wildman–Crippen LogP) is 5.36. The molecular formula is C25H39F3O3. The van der Waals surface area contributed by atoms with Crippen LogP contribution in [0.2, 0.25) is 0 Å². The molecule has 0 heterocycles. The Kier molecular flexibility index (Phi) is 6.33. The van der Waals surface area contributed by atoms with Gasteiger partial charge in [0.1, 0.15) is 0 Å². The van der Waals surface area contributed by atoms with Crippen molar-refractivity contribution in [3.63, 3.8) is 0 Å². The van der Waals surface area contributed by atoms with E-state index < -0.39 is 23.8 Å². The summed E-state index contributed by atoms with van der Waals surface area (Å²) in [5, 5.41) is 20.9. The molecule has 0 saturated heterocycles. The van der Waals surface area contributed by atoms with Crippen LogP contribution in [0.25, 0.3) is 0 Å². The molecule has 10 atom stereocenters. The molecule has 4 fully saturated rings. The van der Waals surface area contributed by atoms with Crippen LogP contribution in [0.3, 0.4) is 0 Å². The Morgan fingerprint density at radius 2 is 1.77 bits per heavy atom. The summed E-state index contributed by atoms with van der Waals surface area (Å²) in [4.78, 5) is 0. The molecule has 0 amide bonds. The zero-order valence-electron chi connectivity index (χ0n) is 18.9. The van der Waals surface area contributed by atoms with Crippen LogP contribution < -0.4 is 0 Å². The molecule has 0 aromatic rings. The first-order valence-electron chi connectivity index (χ1n) is 12.1. The van der Waals surface area contributed by atoms with E-state index in [0.29, 0.717) is 36.2 Å². The lowest BCUT2D eigenvalue weighted by molar-refractivity contribution is -0.223. The average Bonchev–Trinajstić information content (AvgIpc) is 3.04. The SMILES string of the molecule is C=C[C@@H]([C@H]1CC[C@H]2[C@@H]3CC[C@@H]4C[C@](O)(COC)CC[C@@H]4[C@H]3CC[C@]12C)[C@H](O)C(F)(F)F. The van der Waals surface area contributed by atoms with Crippen LogP contribution in [0.5, 0.6) is 0 Å². The molecule has 0 bridgehead atoms. The van der Waals surface area contributed by atoms with Crippen molar-refractivity contribution in [3.8, 4) is 0 Å². The molecule has 4 aliphatic carbocycles. The minimum Gasteiger partial charge on any atom is -0.387 e. The van der Waals surface area contributed by atoms with Gasteiger partial charge in [0.15, 0.2) is 6.10 Å². The smallest absolute Gasteiger partial charge is 0.387 e. The minimum atomic E-state index is -4.61. The summed E-state index contributed by atoms with van der Waals surface area (Å²) < 4.78 is 45.3. The highest BCUT2D eigenvalue weighted by Gasteiger charge is 2.60. The van der Waals surface area contributed by atoms with Gasteiger partial charge in [-0.15, -0.1) is 6.58 Å². The van der Waals surface area contributed by atoms with Gasteiger partial charge in [0.25, 0.3) is 0 Å². The minimum absolute atomic E-state index is 0.162. The molecule has 2 N–H and O–H groups in total. The third-order valence-corrected chi connectivity index (χ3v) is 10.0. The van der Waals surface area contributed by atoms with Crippen LogP contribution in [0.15, 0.2) is 12.7 Å². The maximum absolute atomic E-state index is 13.3. The monoisotopic (exact) mass is 444 g/mol. The van der Waals surface area contributed by atoms with Crippen molar-refractivity contribution in [2.24, 2.45) is 46.8 Å². The number of methoxy groups -OCH3 is 1. The average molecular weight is 445 g/mol. The molecule has 3 nitrogen and oxygen atoms in total.